The maximum Gasteiger partial charge on any atom is 0.150 e. The van der Waals surface area contributed by atoms with Gasteiger partial charge in [-0.05, 0) is 30.6 Å². The molecule has 0 aromatic rings. The highest BCUT2D eigenvalue weighted by molar-refractivity contribution is 7.91. The van der Waals surface area contributed by atoms with E-state index < -0.39 is 9.84 Å². The van der Waals surface area contributed by atoms with Gasteiger partial charge in [-0.1, -0.05) is 0 Å². The van der Waals surface area contributed by atoms with Gasteiger partial charge in [0.05, 0.1) is 11.5 Å². The first-order valence-corrected chi connectivity index (χ1v) is 6.21. The molecular formula is C8H14O3S. The minimum atomic E-state index is -2.76. The lowest BCUT2D eigenvalue weighted by Crippen LogP contribution is -2.21. The average molecular weight is 190 g/mol. The molecule has 2 aliphatic rings. The SMILES string of the molecule is O=S1(=O)CCC(C2(CO)CC2)C1. The second kappa shape index (κ2) is 2.45. The largest absolute Gasteiger partial charge is 0.396 e. The van der Waals surface area contributed by atoms with Crippen molar-refractivity contribution < 1.29 is 13.5 Å². The van der Waals surface area contributed by atoms with Gasteiger partial charge in [-0.2, -0.15) is 0 Å². The van der Waals surface area contributed by atoms with E-state index in [1.165, 1.54) is 0 Å². The van der Waals surface area contributed by atoms with Crippen molar-refractivity contribution in [2.24, 2.45) is 11.3 Å². The van der Waals surface area contributed by atoms with Crippen LogP contribution in [0.2, 0.25) is 0 Å². The third-order valence-electron chi connectivity index (χ3n) is 3.31. The Morgan fingerprint density at radius 3 is 2.42 bits per heavy atom. The molecule has 12 heavy (non-hydrogen) atoms. The summed E-state index contributed by atoms with van der Waals surface area (Å²) < 4.78 is 22.3. The first kappa shape index (κ1) is 8.51. The van der Waals surface area contributed by atoms with Crippen LogP contribution < -0.4 is 0 Å². The highest BCUT2D eigenvalue weighted by atomic mass is 32.2. The van der Waals surface area contributed by atoms with Crippen LogP contribution >= 0.6 is 0 Å². The van der Waals surface area contributed by atoms with Crippen molar-refractivity contribution in [3.8, 4) is 0 Å². The lowest BCUT2D eigenvalue weighted by Gasteiger charge is -2.17. The predicted octanol–water partition coefficient (Wildman–Crippen LogP) is 0.194. The molecule has 1 saturated heterocycles. The van der Waals surface area contributed by atoms with Crippen LogP contribution in [0.4, 0.5) is 0 Å². The van der Waals surface area contributed by atoms with E-state index >= 15 is 0 Å². The third-order valence-corrected chi connectivity index (χ3v) is 5.07. The number of sulfone groups is 1. The van der Waals surface area contributed by atoms with Crippen LogP contribution in [0.1, 0.15) is 19.3 Å². The Morgan fingerprint density at radius 2 is 2.08 bits per heavy atom. The zero-order valence-electron chi connectivity index (χ0n) is 6.99. The quantitative estimate of drug-likeness (QED) is 0.676. The van der Waals surface area contributed by atoms with Crippen molar-refractivity contribution in [1.29, 1.82) is 0 Å². The van der Waals surface area contributed by atoms with Crippen molar-refractivity contribution in [1.82, 2.24) is 0 Å². The maximum atomic E-state index is 11.1. The van der Waals surface area contributed by atoms with Crippen molar-refractivity contribution in [2.45, 2.75) is 19.3 Å². The van der Waals surface area contributed by atoms with Crippen LogP contribution in [-0.2, 0) is 9.84 Å². The highest BCUT2D eigenvalue weighted by Crippen LogP contribution is 2.54. The minimum Gasteiger partial charge on any atom is -0.396 e. The molecule has 0 aromatic heterocycles. The lowest BCUT2D eigenvalue weighted by atomic mass is 9.89. The third kappa shape index (κ3) is 1.27. The zero-order valence-corrected chi connectivity index (χ0v) is 7.81. The van der Waals surface area contributed by atoms with Gasteiger partial charge in [0, 0.05) is 6.61 Å². The van der Waals surface area contributed by atoms with Gasteiger partial charge in [0.25, 0.3) is 0 Å². The normalized spacial score (nSPS) is 36.6. The summed E-state index contributed by atoms with van der Waals surface area (Å²) in [7, 11) is -2.76. The number of aliphatic hydroxyl groups excluding tert-OH is 1. The van der Waals surface area contributed by atoms with Crippen LogP contribution in [0.5, 0.6) is 0 Å². The lowest BCUT2D eigenvalue weighted by molar-refractivity contribution is 0.166. The van der Waals surface area contributed by atoms with Crippen LogP contribution in [0, 0.1) is 11.3 Å². The van der Waals surface area contributed by atoms with Gasteiger partial charge >= 0.3 is 0 Å². The Hall–Kier alpha value is -0.0900. The zero-order chi connectivity index (χ0) is 8.82. The van der Waals surface area contributed by atoms with Crippen molar-refractivity contribution >= 4 is 9.84 Å². The molecule has 1 atom stereocenters. The van der Waals surface area contributed by atoms with E-state index in [-0.39, 0.29) is 17.9 Å². The molecule has 1 saturated carbocycles. The summed E-state index contributed by atoms with van der Waals surface area (Å²) in [6.07, 6.45) is 2.80. The van der Waals surface area contributed by atoms with E-state index in [4.69, 9.17) is 5.11 Å². The molecular weight excluding hydrogens is 176 g/mol. The second-order valence-electron chi connectivity index (χ2n) is 4.12. The van der Waals surface area contributed by atoms with E-state index in [2.05, 4.69) is 0 Å². The number of hydrogen-bond donors (Lipinski definition) is 1. The average Bonchev–Trinajstić information content (AvgIpc) is 2.72. The molecule has 4 heteroatoms. The molecule has 2 fully saturated rings. The monoisotopic (exact) mass is 190 g/mol. The molecule has 70 valence electrons. The van der Waals surface area contributed by atoms with Crippen molar-refractivity contribution in [3.05, 3.63) is 0 Å². The first-order chi connectivity index (χ1) is 5.58. The summed E-state index contributed by atoms with van der Waals surface area (Å²) in [6, 6.07) is 0. The molecule has 0 radical (unpaired) electrons. The smallest absolute Gasteiger partial charge is 0.150 e. The van der Waals surface area contributed by atoms with Gasteiger partial charge in [0.15, 0.2) is 9.84 Å². The maximum absolute atomic E-state index is 11.1. The molecule has 0 aromatic carbocycles. The van der Waals surface area contributed by atoms with Gasteiger partial charge in [-0.3, -0.25) is 0 Å². The molecule has 1 heterocycles. The van der Waals surface area contributed by atoms with Gasteiger partial charge in [-0.15, -0.1) is 0 Å². The molecule has 2 rings (SSSR count). The van der Waals surface area contributed by atoms with Crippen LogP contribution in [0.25, 0.3) is 0 Å². The standard InChI is InChI=1S/C8H14O3S/c9-6-8(2-3-8)7-1-4-12(10,11)5-7/h7,9H,1-6H2. The summed E-state index contributed by atoms with van der Waals surface area (Å²) in [5.41, 5.74) is 0.00354. The first-order valence-electron chi connectivity index (χ1n) is 4.39. The molecule has 1 unspecified atom stereocenters. The highest BCUT2D eigenvalue weighted by Gasteiger charge is 2.51. The minimum absolute atomic E-state index is 0.00354. The fraction of sp³-hybridized carbons (Fsp3) is 1.00. The summed E-state index contributed by atoms with van der Waals surface area (Å²) in [6.45, 7) is 0.174. The van der Waals surface area contributed by atoms with E-state index in [9.17, 15) is 8.42 Å². The molecule has 1 aliphatic heterocycles. The summed E-state index contributed by atoms with van der Waals surface area (Å²) >= 11 is 0. The molecule has 0 amide bonds. The summed E-state index contributed by atoms with van der Waals surface area (Å²) in [4.78, 5) is 0. The van der Waals surface area contributed by atoms with E-state index in [0.29, 0.717) is 11.5 Å². The fourth-order valence-corrected chi connectivity index (χ4v) is 4.08. The van der Waals surface area contributed by atoms with Crippen molar-refractivity contribution in [3.63, 3.8) is 0 Å². The van der Waals surface area contributed by atoms with Gasteiger partial charge in [-0.25, -0.2) is 8.42 Å². The molecule has 0 bridgehead atoms. The van der Waals surface area contributed by atoms with Crippen LogP contribution in [0.15, 0.2) is 0 Å². The van der Waals surface area contributed by atoms with E-state index in [0.717, 1.165) is 19.3 Å². The Balaban J connectivity index is 2.09. The van der Waals surface area contributed by atoms with E-state index in [1.54, 1.807) is 0 Å². The predicted molar refractivity (Wildman–Crippen MR) is 45.5 cm³/mol. The van der Waals surface area contributed by atoms with Gasteiger partial charge in [0.1, 0.15) is 0 Å². The summed E-state index contributed by atoms with van der Waals surface area (Å²) in [5, 5.41) is 9.09. The Morgan fingerprint density at radius 1 is 1.42 bits per heavy atom. The molecule has 3 nitrogen and oxygen atoms in total. The Kier molecular flexibility index (Phi) is 1.74. The number of hydrogen-bond acceptors (Lipinski definition) is 3. The van der Waals surface area contributed by atoms with E-state index in [1.807, 2.05) is 0 Å². The number of aliphatic hydroxyl groups is 1. The molecule has 1 N–H and O–H groups in total. The van der Waals surface area contributed by atoms with Crippen LogP contribution in [0.3, 0.4) is 0 Å². The molecule has 0 spiro atoms. The number of rotatable bonds is 2. The van der Waals surface area contributed by atoms with Gasteiger partial charge < -0.3 is 5.11 Å². The molecule has 1 aliphatic carbocycles. The fourth-order valence-electron chi connectivity index (χ4n) is 2.13. The Bertz CT molecular complexity index is 277. The second-order valence-corrected chi connectivity index (χ2v) is 6.35. The van der Waals surface area contributed by atoms with Gasteiger partial charge in [0.2, 0.25) is 0 Å². The van der Waals surface area contributed by atoms with Crippen LogP contribution in [-0.4, -0.2) is 31.6 Å². The Labute approximate surface area is 72.7 Å². The summed E-state index contributed by atoms with van der Waals surface area (Å²) in [5.74, 6) is 0.889. The van der Waals surface area contributed by atoms with Crippen molar-refractivity contribution in [2.75, 3.05) is 18.1 Å². The topological polar surface area (TPSA) is 54.4 Å².